The van der Waals surface area contributed by atoms with Crippen molar-refractivity contribution in [2.75, 3.05) is 44.4 Å². The molecule has 1 atom stereocenters. The van der Waals surface area contributed by atoms with Crippen molar-refractivity contribution in [3.8, 4) is 0 Å². The van der Waals surface area contributed by atoms with Crippen LogP contribution >= 0.6 is 11.8 Å². The Hall–Kier alpha value is -2.61. The van der Waals surface area contributed by atoms with Gasteiger partial charge < -0.3 is 14.4 Å². The number of hydrogen-bond donors (Lipinski definition) is 0. The first kappa shape index (κ1) is 21.2. The fourth-order valence-corrected chi connectivity index (χ4v) is 5.12. The molecule has 32 heavy (non-hydrogen) atoms. The van der Waals surface area contributed by atoms with Crippen LogP contribution < -0.4 is 4.90 Å². The van der Waals surface area contributed by atoms with E-state index in [2.05, 4.69) is 29.2 Å². The van der Waals surface area contributed by atoms with Crippen molar-refractivity contribution in [1.82, 2.24) is 4.90 Å². The largest absolute Gasteiger partial charge is 0.378 e. The molecule has 3 fully saturated rings. The quantitative estimate of drug-likeness (QED) is 0.637. The lowest BCUT2D eigenvalue weighted by molar-refractivity contribution is -0.123. The van der Waals surface area contributed by atoms with E-state index in [1.807, 2.05) is 36.4 Å². The maximum Gasteiger partial charge on any atom is 0.266 e. The van der Waals surface area contributed by atoms with E-state index in [1.54, 1.807) is 4.90 Å². The molecule has 3 aliphatic rings. The van der Waals surface area contributed by atoms with Gasteiger partial charge in [0, 0.05) is 25.4 Å². The Bertz CT molecular complexity index is 995. The molecule has 7 heteroatoms. The van der Waals surface area contributed by atoms with Gasteiger partial charge in [-0.1, -0.05) is 30.3 Å². The van der Waals surface area contributed by atoms with Crippen LogP contribution in [0.3, 0.4) is 0 Å². The summed E-state index contributed by atoms with van der Waals surface area (Å²) in [6, 6.07) is 18.2. The molecule has 5 rings (SSSR count). The first-order chi connectivity index (χ1) is 15.8. The van der Waals surface area contributed by atoms with Gasteiger partial charge in [0.05, 0.1) is 36.5 Å². The van der Waals surface area contributed by atoms with Crippen molar-refractivity contribution in [2.24, 2.45) is 4.99 Å². The predicted octanol–water partition coefficient (Wildman–Crippen LogP) is 4.31. The predicted molar refractivity (Wildman–Crippen MR) is 129 cm³/mol. The molecular weight excluding hydrogens is 422 g/mol. The zero-order valence-corrected chi connectivity index (χ0v) is 18.8. The first-order valence-electron chi connectivity index (χ1n) is 11.2. The van der Waals surface area contributed by atoms with Crippen LogP contribution in [-0.2, 0) is 14.3 Å². The van der Waals surface area contributed by atoms with Gasteiger partial charge in [0.15, 0.2) is 5.17 Å². The summed E-state index contributed by atoms with van der Waals surface area (Å²) >= 11 is 1.44. The highest BCUT2D eigenvalue weighted by Gasteiger charge is 2.35. The van der Waals surface area contributed by atoms with E-state index in [4.69, 9.17) is 14.5 Å². The number of carbonyl (C=O) groups is 1. The van der Waals surface area contributed by atoms with Gasteiger partial charge in [0.1, 0.15) is 0 Å². The second-order valence-electron chi connectivity index (χ2n) is 8.08. The van der Waals surface area contributed by atoms with E-state index >= 15 is 0 Å². The number of benzene rings is 2. The molecule has 1 amide bonds. The number of aliphatic imine (C=N–C) groups is 1. The van der Waals surface area contributed by atoms with Crippen LogP contribution in [0, 0.1) is 0 Å². The molecule has 6 nitrogen and oxygen atoms in total. The monoisotopic (exact) mass is 449 g/mol. The minimum Gasteiger partial charge on any atom is -0.378 e. The average Bonchev–Trinajstić information content (AvgIpc) is 3.45. The maximum absolute atomic E-state index is 13.3. The van der Waals surface area contributed by atoms with Crippen LogP contribution in [0.2, 0.25) is 0 Å². The maximum atomic E-state index is 13.3. The average molecular weight is 450 g/mol. The van der Waals surface area contributed by atoms with Crippen molar-refractivity contribution in [3.05, 3.63) is 65.1 Å². The van der Waals surface area contributed by atoms with Crippen LogP contribution in [0.25, 0.3) is 6.08 Å². The summed E-state index contributed by atoms with van der Waals surface area (Å²) in [7, 11) is 0. The van der Waals surface area contributed by atoms with Crippen LogP contribution in [0.4, 0.5) is 11.4 Å². The molecular formula is C25H27N3O3S. The Morgan fingerprint density at radius 3 is 2.53 bits per heavy atom. The lowest BCUT2D eigenvalue weighted by Crippen LogP contribution is -2.36. The number of rotatable bonds is 5. The highest BCUT2D eigenvalue weighted by Crippen LogP contribution is 2.35. The van der Waals surface area contributed by atoms with Crippen molar-refractivity contribution in [1.29, 1.82) is 0 Å². The van der Waals surface area contributed by atoms with Crippen LogP contribution in [0.15, 0.2) is 64.5 Å². The normalized spacial score (nSPS) is 24.1. The van der Waals surface area contributed by atoms with Crippen molar-refractivity contribution in [3.63, 3.8) is 0 Å². The number of amidine groups is 1. The number of nitrogens with zero attached hydrogens (tertiary/aromatic N) is 3. The van der Waals surface area contributed by atoms with Crippen molar-refractivity contribution >= 4 is 40.3 Å². The first-order valence-corrected chi connectivity index (χ1v) is 12.0. The molecule has 0 N–H and O–H groups in total. The molecule has 2 aromatic rings. The summed E-state index contributed by atoms with van der Waals surface area (Å²) < 4.78 is 11.2. The van der Waals surface area contributed by atoms with E-state index in [0.29, 0.717) is 16.6 Å². The molecule has 2 aromatic carbocycles. The zero-order valence-electron chi connectivity index (χ0n) is 18.0. The standard InChI is InChI=1S/C25H27N3O3S/c29-24-23(17-19-8-10-21(11-9-19)27-12-15-30-16-13-27)32-25(26-20-5-2-1-3-6-20)28(24)18-22-7-4-14-31-22/h1-3,5-6,8-11,17,22H,4,7,12-16,18H2. The highest BCUT2D eigenvalue weighted by atomic mass is 32.2. The molecule has 3 saturated heterocycles. The summed E-state index contributed by atoms with van der Waals surface area (Å²) in [6.45, 7) is 4.66. The molecule has 166 valence electrons. The van der Waals surface area contributed by atoms with Gasteiger partial charge in [-0.3, -0.25) is 9.69 Å². The third-order valence-corrected chi connectivity index (χ3v) is 6.85. The Morgan fingerprint density at radius 2 is 1.81 bits per heavy atom. The van der Waals surface area contributed by atoms with E-state index in [0.717, 1.165) is 57.0 Å². The zero-order chi connectivity index (χ0) is 21.8. The van der Waals surface area contributed by atoms with Gasteiger partial charge in [-0.05, 0) is 60.5 Å². The van der Waals surface area contributed by atoms with E-state index in [1.165, 1.54) is 17.4 Å². The van der Waals surface area contributed by atoms with Crippen molar-refractivity contribution in [2.45, 2.75) is 18.9 Å². The summed E-state index contributed by atoms with van der Waals surface area (Å²) in [6.07, 6.45) is 4.07. The Kier molecular flexibility index (Phi) is 6.57. The van der Waals surface area contributed by atoms with Crippen molar-refractivity contribution < 1.29 is 14.3 Å². The van der Waals surface area contributed by atoms with E-state index in [9.17, 15) is 4.79 Å². The molecule has 0 spiro atoms. The molecule has 0 bridgehead atoms. The molecule has 1 unspecified atom stereocenters. The number of ether oxygens (including phenoxy) is 2. The number of para-hydroxylation sites is 1. The number of morpholine rings is 1. The minimum atomic E-state index is -0.00237. The van der Waals surface area contributed by atoms with E-state index < -0.39 is 0 Å². The third kappa shape index (κ3) is 4.90. The van der Waals surface area contributed by atoms with Gasteiger partial charge in [-0.2, -0.15) is 0 Å². The highest BCUT2D eigenvalue weighted by molar-refractivity contribution is 8.18. The Labute approximate surface area is 192 Å². The van der Waals surface area contributed by atoms with Gasteiger partial charge in [0.25, 0.3) is 5.91 Å². The number of thioether (sulfide) groups is 1. The van der Waals surface area contributed by atoms with Gasteiger partial charge >= 0.3 is 0 Å². The molecule has 0 aliphatic carbocycles. The molecule has 3 heterocycles. The fraction of sp³-hybridized carbons (Fsp3) is 0.360. The summed E-state index contributed by atoms with van der Waals surface area (Å²) in [4.78, 5) is 22.9. The Balaban J connectivity index is 1.37. The number of hydrogen-bond acceptors (Lipinski definition) is 6. The lowest BCUT2D eigenvalue weighted by Gasteiger charge is -2.28. The minimum absolute atomic E-state index is 0.00237. The fourth-order valence-electron chi connectivity index (χ4n) is 4.11. The smallest absolute Gasteiger partial charge is 0.266 e. The van der Waals surface area contributed by atoms with Gasteiger partial charge in [0.2, 0.25) is 0 Å². The lowest BCUT2D eigenvalue weighted by atomic mass is 10.1. The van der Waals surface area contributed by atoms with Crippen LogP contribution in [0.5, 0.6) is 0 Å². The summed E-state index contributed by atoms with van der Waals surface area (Å²) in [5.41, 5.74) is 3.04. The number of anilines is 1. The topological polar surface area (TPSA) is 54.4 Å². The van der Waals surface area contributed by atoms with E-state index in [-0.39, 0.29) is 12.0 Å². The number of carbonyl (C=O) groups excluding carboxylic acids is 1. The van der Waals surface area contributed by atoms with Crippen LogP contribution in [-0.4, -0.2) is 61.5 Å². The second-order valence-corrected chi connectivity index (χ2v) is 9.09. The summed E-state index contributed by atoms with van der Waals surface area (Å²) in [5.74, 6) is -0.00237. The second kappa shape index (κ2) is 9.90. The SMILES string of the molecule is O=C1C(=Cc2ccc(N3CCOCC3)cc2)SC(=Nc2ccccc2)N1CC1CCCO1. The van der Waals surface area contributed by atoms with Gasteiger partial charge in [-0.25, -0.2) is 4.99 Å². The molecule has 0 saturated carbocycles. The molecule has 0 radical (unpaired) electrons. The molecule has 3 aliphatic heterocycles. The van der Waals surface area contributed by atoms with Crippen LogP contribution in [0.1, 0.15) is 18.4 Å². The molecule has 0 aromatic heterocycles. The Morgan fingerprint density at radius 1 is 1.03 bits per heavy atom. The summed E-state index contributed by atoms with van der Waals surface area (Å²) in [5, 5.41) is 0.716. The third-order valence-electron chi connectivity index (χ3n) is 5.85. The van der Waals surface area contributed by atoms with Gasteiger partial charge in [-0.15, -0.1) is 0 Å². The number of amides is 1.